The van der Waals surface area contributed by atoms with Gasteiger partial charge in [0.05, 0.1) is 5.56 Å². The molecular weight excluding hydrogens is 214 g/mol. The van der Waals surface area contributed by atoms with Crippen molar-refractivity contribution in [2.45, 2.75) is 38.8 Å². The molecule has 3 heteroatoms. The van der Waals surface area contributed by atoms with Crippen molar-refractivity contribution in [3.8, 4) is 0 Å². The molecule has 1 fully saturated rings. The van der Waals surface area contributed by atoms with E-state index in [1.54, 1.807) is 12.1 Å². The zero-order valence-corrected chi connectivity index (χ0v) is 10.2. The van der Waals surface area contributed by atoms with E-state index in [2.05, 4.69) is 11.8 Å². The van der Waals surface area contributed by atoms with Gasteiger partial charge >= 0.3 is 5.97 Å². The van der Waals surface area contributed by atoms with Crippen LogP contribution in [0.15, 0.2) is 24.3 Å². The molecule has 0 aromatic heterocycles. The van der Waals surface area contributed by atoms with Crippen LogP contribution in [0.2, 0.25) is 0 Å². The minimum Gasteiger partial charge on any atom is -0.478 e. The van der Waals surface area contributed by atoms with Crippen LogP contribution in [-0.2, 0) is 6.54 Å². The average Bonchev–Trinajstić information content (AvgIpc) is 3.13. The third-order valence-corrected chi connectivity index (χ3v) is 3.16. The van der Waals surface area contributed by atoms with E-state index in [9.17, 15) is 4.79 Å². The molecule has 0 aliphatic heterocycles. The van der Waals surface area contributed by atoms with Crippen LogP contribution in [0.5, 0.6) is 0 Å². The summed E-state index contributed by atoms with van der Waals surface area (Å²) < 4.78 is 0. The summed E-state index contributed by atoms with van der Waals surface area (Å²) in [4.78, 5) is 13.2. The van der Waals surface area contributed by atoms with Crippen molar-refractivity contribution >= 4 is 5.97 Å². The quantitative estimate of drug-likeness (QED) is 0.821. The van der Waals surface area contributed by atoms with Gasteiger partial charge < -0.3 is 5.11 Å². The second-order valence-corrected chi connectivity index (χ2v) is 4.70. The minimum absolute atomic E-state index is 0.363. The van der Waals surface area contributed by atoms with E-state index in [-0.39, 0.29) is 0 Å². The molecule has 2 rings (SSSR count). The van der Waals surface area contributed by atoms with Crippen LogP contribution < -0.4 is 0 Å². The molecule has 1 aliphatic carbocycles. The number of benzene rings is 1. The molecule has 0 atom stereocenters. The Labute approximate surface area is 102 Å². The summed E-state index contributed by atoms with van der Waals surface area (Å²) >= 11 is 0. The number of rotatable bonds is 6. The van der Waals surface area contributed by atoms with E-state index >= 15 is 0 Å². The molecule has 0 heterocycles. The Morgan fingerprint density at radius 1 is 1.35 bits per heavy atom. The fourth-order valence-corrected chi connectivity index (χ4v) is 2.10. The van der Waals surface area contributed by atoms with Crippen LogP contribution in [-0.4, -0.2) is 28.6 Å². The van der Waals surface area contributed by atoms with E-state index in [1.165, 1.54) is 24.8 Å². The molecule has 0 amide bonds. The van der Waals surface area contributed by atoms with Gasteiger partial charge in [-0.1, -0.05) is 19.1 Å². The smallest absolute Gasteiger partial charge is 0.335 e. The Balaban J connectivity index is 1.99. The Morgan fingerprint density at radius 2 is 2.00 bits per heavy atom. The van der Waals surface area contributed by atoms with Gasteiger partial charge in [0.25, 0.3) is 0 Å². The van der Waals surface area contributed by atoms with Gasteiger partial charge in [-0.25, -0.2) is 4.79 Å². The molecule has 1 saturated carbocycles. The first-order chi connectivity index (χ1) is 8.20. The van der Waals surface area contributed by atoms with Crippen molar-refractivity contribution < 1.29 is 9.90 Å². The monoisotopic (exact) mass is 233 g/mol. The number of aromatic carboxylic acids is 1. The van der Waals surface area contributed by atoms with E-state index in [1.807, 2.05) is 12.1 Å². The number of carboxylic acid groups (broad SMARTS) is 1. The predicted molar refractivity (Wildman–Crippen MR) is 67.1 cm³/mol. The highest BCUT2D eigenvalue weighted by Gasteiger charge is 2.28. The number of carbonyl (C=O) groups is 1. The molecule has 0 saturated heterocycles. The maximum Gasteiger partial charge on any atom is 0.335 e. The summed E-state index contributed by atoms with van der Waals surface area (Å²) in [6.07, 6.45) is 3.80. The molecule has 3 nitrogen and oxygen atoms in total. The van der Waals surface area contributed by atoms with Crippen molar-refractivity contribution in [2.75, 3.05) is 6.54 Å². The van der Waals surface area contributed by atoms with Crippen molar-refractivity contribution in [3.05, 3.63) is 35.4 Å². The highest BCUT2D eigenvalue weighted by Crippen LogP contribution is 2.28. The fraction of sp³-hybridized carbons (Fsp3) is 0.500. The minimum atomic E-state index is -0.857. The molecule has 92 valence electrons. The maximum absolute atomic E-state index is 10.7. The highest BCUT2D eigenvalue weighted by atomic mass is 16.4. The summed E-state index contributed by atoms with van der Waals surface area (Å²) in [5.41, 5.74) is 1.57. The second kappa shape index (κ2) is 5.32. The Morgan fingerprint density at radius 3 is 2.47 bits per heavy atom. The first kappa shape index (κ1) is 12.1. The Hall–Kier alpha value is -1.35. The molecule has 0 unspecified atom stereocenters. The number of hydrogen-bond acceptors (Lipinski definition) is 2. The molecule has 1 N–H and O–H groups in total. The molecule has 0 bridgehead atoms. The lowest BCUT2D eigenvalue weighted by molar-refractivity contribution is 0.0697. The lowest BCUT2D eigenvalue weighted by Crippen LogP contribution is -2.26. The highest BCUT2D eigenvalue weighted by molar-refractivity contribution is 5.87. The Bertz CT molecular complexity index is 382. The summed E-state index contributed by atoms with van der Waals surface area (Å²) in [6, 6.07) is 7.99. The standard InChI is InChI=1S/C14H19NO2/c1-2-9-15(13-7-8-13)10-11-3-5-12(6-4-11)14(16)17/h3-6,13H,2,7-10H2,1H3,(H,16,17). The second-order valence-electron chi connectivity index (χ2n) is 4.70. The van der Waals surface area contributed by atoms with Gasteiger partial charge in [0.15, 0.2) is 0 Å². The summed E-state index contributed by atoms with van der Waals surface area (Å²) in [6.45, 7) is 4.27. The lowest BCUT2D eigenvalue weighted by Gasteiger charge is -2.21. The first-order valence-corrected chi connectivity index (χ1v) is 6.27. The van der Waals surface area contributed by atoms with E-state index in [0.717, 1.165) is 19.1 Å². The van der Waals surface area contributed by atoms with Gasteiger partial charge in [-0.3, -0.25) is 4.90 Å². The first-order valence-electron chi connectivity index (χ1n) is 6.27. The van der Waals surface area contributed by atoms with Crippen molar-refractivity contribution in [2.24, 2.45) is 0 Å². The van der Waals surface area contributed by atoms with Crippen LogP contribution in [0.1, 0.15) is 42.1 Å². The zero-order chi connectivity index (χ0) is 12.3. The van der Waals surface area contributed by atoms with Gasteiger partial charge in [0.1, 0.15) is 0 Å². The zero-order valence-electron chi connectivity index (χ0n) is 10.2. The van der Waals surface area contributed by atoms with Gasteiger partial charge in [-0.2, -0.15) is 0 Å². The van der Waals surface area contributed by atoms with Crippen molar-refractivity contribution in [1.29, 1.82) is 0 Å². The molecular formula is C14H19NO2. The number of nitrogens with zero attached hydrogens (tertiary/aromatic N) is 1. The summed E-state index contributed by atoms with van der Waals surface area (Å²) in [5.74, 6) is -0.857. The normalized spacial score (nSPS) is 15.2. The largest absolute Gasteiger partial charge is 0.478 e. The predicted octanol–water partition coefficient (Wildman–Crippen LogP) is 2.76. The van der Waals surface area contributed by atoms with Crippen LogP contribution in [0, 0.1) is 0 Å². The third kappa shape index (κ3) is 3.30. The number of hydrogen-bond donors (Lipinski definition) is 1. The average molecular weight is 233 g/mol. The summed E-state index contributed by atoms with van der Waals surface area (Å²) in [7, 11) is 0. The van der Waals surface area contributed by atoms with Crippen molar-refractivity contribution in [3.63, 3.8) is 0 Å². The third-order valence-electron chi connectivity index (χ3n) is 3.16. The van der Waals surface area contributed by atoms with Crippen LogP contribution in [0.4, 0.5) is 0 Å². The van der Waals surface area contributed by atoms with E-state index < -0.39 is 5.97 Å². The molecule has 1 aliphatic rings. The van der Waals surface area contributed by atoms with Crippen LogP contribution >= 0.6 is 0 Å². The van der Waals surface area contributed by atoms with Gasteiger partial charge in [0, 0.05) is 12.6 Å². The molecule has 17 heavy (non-hydrogen) atoms. The van der Waals surface area contributed by atoms with Gasteiger partial charge in [-0.05, 0) is 43.5 Å². The topological polar surface area (TPSA) is 40.5 Å². The van der Waals surface area contributed by atoms with Crippen LogP contribution in [0.25, 0.3) is 0 Å². The summed E-state index contributed by atoms with van der Waals surface area (Å²) in [5, 5.41) is 8.83. The SMILES string of the molecule is CCCN(Cc1ccc(C(=O)O)cc1)C1CC1. The molecule has 1 aromatic carbocycles. The molecule has 1 aromatic rings. The maximum atomic E-state index is 10.7. The Kier molecular flexibility index (Phi) is 3.79. The number of carboxylic acids is 1. The molecule has 0 radical (unpaired) electrons. The van der Waals surface area contributed by atoms with Crippen molar-refractivity contribution in [1.82, 2.24) is 4.90 Å². The lowest BCUT2D eigenvalue weighted by atomic mass is 10.1. The van der Waals surface area contributed by atoms with E-state index in [0.29, 0.717) is 5.56 Å². The van der Waals surface area contributed by atoms with E-state index in [4.69, 9.17) is 5.11 Å². The fourth-order valence-electron chi connectivity index (χ4n) is 2.10. The molecule has 0 spiro atoms. The van der Waals surface area contributed by atoms with Crippen LogP contribution in [0.3, 0.4) is 0 Å². The van der Waals surface area contributed by atoms with Gasteiger partial charge in [-0.15, -0.1) is 0 Å². The van der Waals surface area contributed by atoms with Gasteiger partial charge in [0.2, 0.25) is 0 Å².